The standard InChI is InChI=1S/C10H16N2O4S2/c1-9-5-3-4-6-10(9)18(15,16)12-7-8-17(13,14)11-2/h3-6,11-12H,7-8H2,1-2H3. The molecule has 0 heterocycles. The molecule has 0 aliphatic rings. The molecule has 0 amide bonds. The highest BCUT2D eigenvalue weighted by atomic mass is 32.2. The van der Waals surface area contributed by atoms with Crippen molar-refractivity contribution < 1.29 is 16.8 Å². The van der Waals surface area contributed by atoms with E-state index in [0.29, 0.717) is 5.56 Å². The lowest BCUT2D eigenvalue weighted by Crippen LogP contribution is -2.33. The summed E-state index contributed by atoms with van der Waals surface area (Å²) < 4.78 is 50.5. The second-order valence-corrected chi connectivity index (χ2v) is 7.47. The smallest absolute Gasteiger partial charge is 0.218 e. The van der Waals surface area contributed by atoms with Crippen LogP contribution in [0.5, 0.6) is 0 Å². The van der Waals surface area contributed by atoms with Crippen LogP contribution in [0.15, 0.2) is 29.2 Å². The number of hydrogen-bond acceptors (Lipinski definition) is 4. The summed E-state index contributed by atoms with van der Waals surface area (Å²) in [4.78, 5) is 0.159. The lowest BCUT2D eigenvalue weighted by atomic mass is 10.2. The van der Waals surface area contributed by atoms with Crippen LogP contribution in [-0.2, 0) is 20.0 Å². The summed E-state index contributed by atoms with van der Waals surface area (Å²) >= 11 is 0. The fourth-order valence-electron chi connectivity index (χ4n) is 1.35. The Morgan fingerprint density at radius 1 is 1.11 bits per heavy atom. The third kappa shape index (κ3) is 4.05. The monoisotopic (exact) mass is 292 g/mol. The van der Waals surface area contributed by atoms with E-state index in [1.54, 1.807) is 25.1 Å². The molecule has 0 aliphatic heterocycles. The first kappa shape index (κ1) is 15.1. The van der Waals surface area contributed by atoms with Crippen LogP contribution in [0.25, 0.3) is 0 Å². The molecule has 0 saturated heterocycles. The van der Waals surface area contributed by atoms with Crippen molar-refractivity contribution in [3.63, 3.8) is 0 Å². The van der Waals surface area contributed by atoms with Crippen LogP contribution in [0, 0.1) is 6.92 Å². The molecule has 0 fully saturated rings. The molecule has 0 aromatic heterocycles. The Kier molecular flexibility index (Phi) is 4.85. The normalized spacial score (nSPS) is 12.6. The molecule has 6 nitrogen and oxygen atoms in total. The maximum absolute atomic E-state index is 11.9. The molecule has 0 spiro atoms. The minimum atomic E-state index is -3.66. The van der Waals surface area contributed by atoms with Crippen molar-refractivity contribution in [2.24, 2.45) is 0 Å². The van der Waals surface area contributed by atoms with Gasteiger partial charge in [0.15, 0.2) is 0 Å². The molecular formula is C10H16N2O4S2. The molecule has 0 bridgehead atoms. The highest BCUT2D eigenvalue weighted by Crippen LogP contribution is 2.13. The van der Waals surface area contributed by atoms with Crippen LogP contribution in [0.2, 0.25) is 0 Å². The molecule has 1 aromatic carbocycles. The fourth-order valence-corrected chi connectivity index (χ4v) is 3.33. The predicted octanol–water partition coefficient (Wildman–Crippen LogP) is -0.177. The Balaban J connectivity index is 2.76. The zero-order valence-corrected chi connectivity index (χ0v) is 11.8. The van der Waals surface area contributed by atoms with E-state index in [-0.39, 0.29) is 17.2 Å². The first-order valence-electron chi connectivity index (χ1n) is 5.25. The summed E-state index contributed by atoms with van der Waals surface area (Å²) in [5, 5.41) is 0. The van der Waals surface area contributed by atoms with Gasteiger partial charge >= 0.3 is 0 Å². The minimum absolute atomic E-state index is 0.159. The molecule has 18 heavy (non-hydrogen) atoms. The Morgan fingerprint density at radius 3 is 2.28 bits per heavy atom. The molecule has 8 heteroatoms. The first-order chi connectivity index (χ1) is 8.28. The second kappa shape index (κ2) is 5.79. The average Bonchev–Trinajstić information content (AvgIpc) is 2.29. The molecule has 1 aromatic rings. The van der Waals surface area contributed by atoms with Gasteiger partial charge in [0.2, 0.25) is 20.0 Å². The average molecular weight is 292 g/mol. The third-order valence-corrected chi connectivity index (χ3v) is 5.34. The van der Waals surface area contributed by atoms with Gasteiger partial charge in [-0.05, 0) is 25.6 Å². The van der Waals surface area contributed by atoms with Crippen molar-refractivity contribution in [3.05, 3.63) is 29.8 Å². The van der Waals surface area contributed by atoms with E-state index in [9.17, 15) is 16.8 Å². The van der Waals surface area contributed by atoms with Gasteiger partial charge in [-0.15, -0.1) is 0 Å². The summed E-state index contributed by atoms with van der Waals surface area (Å²) in [7, 11) is -5.79. The second-order valence-electron chi connectivity index (χ2n) is 3.69. The van der Waals surface area contributed by atoms with E-state index in [2.05, 4.69) is 9.44 Å². The van der Waals surface area contributed by atoms with E-state index < -0.39 is 20.0 Å². The molecule has 0 atom stereocenters. The van der Waals surface area contributed by atoms with Crippen LogP contribution >= 0.6 is 0 Å². The van der Waals surface area contributed by atoms with E-state index in [1.807, 2.05) is 0 Å². The SMILES string of the molecule is CNS(=O)(=O)CCNS(=O)(=O)c1ccccc1C. The van der Waals surface area contributed by atoms with Gasteiger partial charge in [-0.1, -0.05) is 18.2 Å². The van der Waals surface area contributed by atoms with E-state index in [1.165, 1.54) is 13.1 Å². The van der Waals surface area contributed by atoms with Gasteiger partial charge in [-0.25, -0.2) is 26.3 Å². The molecule has 102 valence electrons. The molecule has 0 radical (unpaired) electrons. The summed E-state index contributed by atoms with van der Waals surface area (Å²) in [5.41, 5.74) is 0.612. The summed E-state index contributed by atoms with van der Waals surface area (Å²) in [6, 6.07) is 6.51. The number of benzene rings is 1. The van der Waals surface area contributed by atoms with Crippen LogP contribution in [0.1, 0.15) is 5.56 Å². The topological polar surface area (TPSA) is 92.3 Å². The zero-order valence-electron chi connectivity index (χ0n) is 10.2. The maximum Gasteiger partial charge on any atom is 0.240 e. The lowest BCUT2D eigenvalue weighted by Gasteiger charge is -2.09. The third-order valence-electron chi connectivity index (χ3n) is 2.36. The largest absolute Gasteiger partial charge is 0.240 e. The van der Waals surface area contributed by atoms with Gasteiger partial charge in [0.25, 0.3) is 0 Å². The zero-order chi connectivity index (χ0) is 13.8. The summed E-state index contributed by atoms with van der Waals surface area (Å²) in [6.07, 6.45) is 0. The van der Waals surface area contributed by atoms with Crippen molar-refractivity contribution in [1.29, 1.82) is 0 Å². The fraction of sp³-hybridized carbons (Fsp3) is 0.400. The van der Waals surface area contributed by atoms with E-state index >= 15 is 0 Å². The summed E-state index contributed by atoms with van der Waals surface area (Å²) in [5.74, 6) is -0.297. The van der Waals surface area contributed by atoms with Crippen molar-refractivity contribution in [1.82, 2.24) is 9.44 Å². The van der Waals surface area contributed by atoms with E-state index in [4.69, 9.17) is 0 Å². The first-order valence-corrected chi connectivity index (χ1v) is 8.38. The van der Waals surface area contributed by atoms with Crippen molar-refractivity contribution in [3.8, 4) is 0 Å². The number of hydrogen-bond donors (Lipinski definition) is 2. The maximum atomic E-state index is 11.9. The van der Waals surface area contributed by atoms with Crippen molar-refractivity contribution >= 4 is 20.0 Å². The predicted molar refractivity (Wildman–Crippen MR) is 69.2 cm³/mol. The molecule has 0 unspecified atom stereocenters. The molecule has 0 aliphatic carbocycles. The van der Waals surface area contributed by atoms with Gasteiger partial charge in [0, 0.05) is 6.54 Å². The van der Waals surface area contributed by atoms with Crippen LogP contribution in [-0.4, -0.2) is 36.2 Å². The summed E-state index contributed by atoms with van der Waals surface area (Å²) in [6.45, 7) is 1.51. The van der Waals surface area contributed by atoms with Gasteiger partial charge in [-0.2, -0.15) is 0 Å². The highest BCUT2D eigenvalue weighted by molar-refractivity contribution is 7.90. The molecule has 0 saturated carbocycles. The van der Waals surface area contributed by atoms with Gasteiger partial charge in [0.05, 0.1) is 10.6 Å². The number of sulfonamides is 2. The van der Waals surface area contributed by atoms with Crippen molar-refractivity contribution in [2.45, 2.75) is 11.8 Å². The number of aryl methyl sites for hydroxylation is 1. The lowest BCUT2D eigenvalue weighted by molar-refractivity contribution is 0.578. The van der Waals surface area contributed by atoms with E-state index in [0.717, 1.165) is 0 Å². The van der Waals surface area contributed by atoms with Gasteiger partial charge < -0.3 is 0 Å². The van der Waals surface area contributed by atoms with Crippen LogP contribution < -0.4 is 9.44 Å². The van der Waals surface area contributed by atoms with Gasteiger partial charge in [-0.3, -0.25) is 0 Å². The van der Waals surface area contributed by atoms with Crippen LogP contribution in [0.4, 0.5) is 0 Å². The number of rotatable bonds is 6. The number of nitrogens with one attached hydrogen (secondary N) is 2. The Bertz CT molecular complexity index is 609. The van der Waals surface area contributed by atoms with Crippen LogP contribution in [0.3, 0.4) is 0 Å². The minimum Gasteiger partial charge on any atom is -0.218 e. The highest BCUT2D eigenvalue weighted by Gasteiger charge is 2.17. The van der Waals surface area contributed by atoms with Crippen molar-refractivity contribution in [2.75, 3.05) is 19.3 Å². The molecule has 2 N–H and O–H groups in total. The Labute approximate surface area is 108 Å². The van der Waals surface area contributed by atoms with Gasteiger partial charge in [0.1, 0.15) is 0 Å². The molecular weight excluding hydrogens is 276 g/mol. The Hall–Kier alpha value is -0.960. The molecule has 1 rings (SSSR count). The quantitative estimate of drug-likeness (QED) is 0.761. The Morgan fingerprint density at radius 2 is 1.72 bits per heavy atom.